The van der Waals surface area contributed by atoms with E-state index in [9.17, 15) is 4.79 Å². The van der Waals surface area contributed by atoms with E-state index in [4.69, 9.17) is 5.73 Å². The number of nitrogens with two attached hydrogens (primary N) is 1. The van der Waals surface area contributed by atoms with E-state index in [1.807, 2.05) is 73.8 Å². The Kier molecular flexibility index (Phi) is 9.69. The molecule has 4 rings (SSSR count). The van der Waals surface area contributed by atoms with Gasteiger partial charge in [-0.25, -0.2) is 15.0 Å². The summed E-state index contributed by atoms with van der Waals surface area (Å²) in [5.41, 5.74) is 9.20. The van der Waals surface area contributed by atoms with Crippen LogP contribution in [-0.4, -0.2) is 21.4 Å². The summed E-state index contributed by atoms with van der Waals surface area (Å²) < 4.78 is 4.54. The summed E-state index contributed by atoms with van der Waals surface area (Å²) >= 11 is 1.61. The number of rotatable bonds is 9. The SMILES string of the molecule is CCCC(N)c1ncc(-c2cccc(Nc3cc(C)ccn3)n2)s1.O=COCc1ccccc1. The Hall–Kier alpha value is -3.62. The number of nitrogens with one attached hydrogen (secondary N) is 1. The summed E-state index contributed by atoms with van der Waals surface area (Å²) in [5, 5.41) is 4.21. The first-order chi connectivity index (χ1) is 16.6. The molecule has 0 aliphatic heterocycles. The largest absolute Gasteiger partial charge is 0.463 e. The van der Waals surface area contributed by atoms with Gasteiger partial charge in [0.1, 0.15) is 23.3 Å². The van der Waals surface area contributed by atoms with Gasteiger partial charge in [-0.15, -0.1) is 11.3 Å². The quantitative estimate of drug-likeness (QED) is 0.294. The van der Waals surface area contributed by atoms with Crippen LogP contribution in [0.25, 0.3) is 10.6 Å². The van der Waals surface area contributed by atoms with Crippen LogP contribution >= 0.6 is 11.3 Å². The zero-order valence-corrected chi connectivity index (χ0v) is 20.2. The van der Waals surface area contributed by atoms with Crippen LogP contribution in [0.15, 0.2) is 73.1 Å². The summed E-state index contributed by atoms with van der Waals surface area (Å²) in [4.78, 5) is 24.2. The summed E-state index contributed by atoms with van der Waals surface area (Å²) in [6.45, 7) is 4.98. The van der Waals surface area contributed by atoms with Crippen molar-refractivity contribution < 1.29 is 9.53 Å². The summed E-state index contributed by atoms with van der Waals surface area (Å²) in [7, 11) is 0. The van der Waals surface area contributed by atoms with E-state index in [0.29, 0.717) is 13.1 Å². The molecule has 3 heterocycles. The molecule has 8 heteroatoms. The lowest BCUT2D eigenvalue weighted by Gasteiger charge is -2.07. The highest BCUT2D eigenvalue weighted by Gasteiger charge is 2.12. The summed E-state index contributed by atoms with van der Waals surface area (Å²) in [6, 6.07) is 19.4. The maximum Gasteiger partial charge on any atom is 0.293 e. The third-order valence-electron chi connectivity index (χ3n) is 4.77. The highest BCUT2D eigenvalue weighted by molar-refractivity contribution is 7.15. The monoisotopic (exact) mass is 475 g/mol. The Balaban J connectivity index is 0.000000271. The maximum atomic E-state index is 9.76. The number of hydrogen-bond acceptors (Lipinski definition) is 8. The molecule has 0 amide bonds. The van der Waals surface area contributed by atoms with Gasteiger partial charge >= 0.3 is 0 Å². The smallest absolute Gasteiger partial charge is 0.293 e. The predicted octanol–water partition coefficient (Wildman–Crippen LogP) is 5.81. The molecule has 3 N–H and O–H groups in total. The third kappa shape index (κ3) is 7.75. The van der Waals surface area contributed by atoms with Crippen molar-refractivity contribution in [1.82, 2.24) is 15.0 Å². The van der Waals surface area contributed by atoms with Gasteiger partial charge in [-0.2, -0.15) is 0 Å². The van der Waals surface area contributed by atoms with Gasteiger partial charge in [-0.05, 0) is 48.7 Å². The Morgan fingerprint density at radius 2 is 1.91 bits per heavy atom. The molecule has 176 valence electrons. The standard InChI is InChI=1S/C18H21N5S.C8H8O2/c1-3-5-13(19)18-21-11-15(24-18)14-6-4-7-16(22-14)23-17-10-12(2)8-9-20-17;9-7-10-6-8-4-2-1-3-5-8/h4,6-11,13H,3,5,19H2,1-2H3,(H,20,22,23);1-5,7H,6H2. The molecule has 1 atom stereocenters. The molecule has 7 nitrogen and oxygen atoms in total. The first-order valence-corrected chi connectivity index (χ1v) is 11.9. The average molecular weight is 476 g/mol. The van der Waals surface area contributed by atoms with E-state index in [1.54, 1.807) is 17.5 Å². The number of aromatic nitrogens is 3. The van der Waals surface area contributed by atoms with Crippen LogP contribution in [-0.2, 0) is 16.1 Å². The number of ether oxygens (including phenoxy) is 1. The van der Waals surface area contributed by atoms with E-state index in [2.05, 4.69) is 31.9 Å². The number of benzene rings is 1. The fourth-order valence-corrected chi connectivity index (χ4v) is 4.02. The molecule has 0 aliphatic carbocycles. The van der Waals surface area contributed by atoms with Crippen molar-refractivity contribution in [1.29, 1.82) is 0 Å². The number of carbonyl (C=O) groups is 1. The molecule has 1 unspecified atom stereocenters. The van der Waals surface area contributed by atoms with Gasteiger partial charge in [0.2, 0.25) is 0 Å². The molecule has 0 bridgehead atoms. The molecule has 4 aromatic rings. The Labute approximate surface area is 204 Å². The molecule has 0 radical (unpaired) electrons. The minimum Gasteiger partial charge on any atom is -0.463 e. The molecular weight excluding hydrogens is 446 g/mol. The first-order valence-electron chi connectivity index (χ1n) is 11.1. The number of anilines is 2. The number of carbonyl (C=O) groups excluding carboxylic acids is 1. The van der Waals surface area contributed by atoms with Crippen molar-refractivity contribution in [2.45, 2.75) is 39.3 Å². The van der Waals surface area contributed by atoms with Gasteiger partial charge in [-0.3, -0.25) is 4.79 Å². The first kappa shape index (κ1) is 25.0. The molecule has 0 saturated heterocycles. The van der Waals surface area contributed by atoms with Gasteiger partial charge in [-0.1, -0.05) is 49.7 Å². The molecular formula is C26H29N5O2S. The van der Waals surface area contributed by atoms with Crippen molar-refractivity contribution in [3.05, 3.63) is 89.2 Å². The van der Waals surface area contributed by atoms with E-state index in [1.165, 1.54) is 0 Å². The number of hydrogen-bond donors (Lipinski definition) is 2. The second kappa shape index (κ2) is 13.2. The number of nitrogens with zero attached hydrogens (tertiary/aromatic N) is 3. The van der Waals surface area contributed by atoms with Crippen molar-refractivity contribution in [3.63, 3.8) is 0 Å². The van der Waals surface area contributed by atoms with Crippen molar-refractivity contribution in [3.8, 4) is 10.6 Å². The third-order valence-corrected chi connectivity index (χ3v) is 5.93. The van der Waals surface area contributed by atoms with E-state index >= 15 is 0 Å². The van der Waals surface area contributed by atoms with E-state index in [0.717, 1.165) is 51.2 Å². The minimum absolute atomic E-state index is 0.00607. The highest BCUT2D eigenvalue weighted by atomic mass is 32.1. The number of pyridine rings is 2. The predicted molar refractivity (Wildman–Crippen MR) is 137 cm³/mol. The van der Waals surface area contributed by atoms with Gasteiger partial charge in [0.15, 0.2) is 0 Å². The van der Waals surface area contributed by atoms with Gasteiger partial charge in [0.25, 0.3) is 6.47 Å². The fraction of sp³-hybridized carbons (Fsp3) is 0.231. The van der Waals surface area contributed by atoms with E-state index in [-0.39, 0.29) is 6.04 Å². The molecule has 0 fully saturated rings. The van der Waals surface area contributed by atoms with Crippen LogP contribution in [0.2, 0.25) is 0 Å². The number of aryl methyl sites for hydroxylation is 1. The van der Waals surface area contributed by atoms with Crippen LogP contribution in [0.5, 0.6) is 0 Å². The van der Waals surface area contributed by atoms with Crippen LogP contribution < -0.4 is 11.1 Å². The Bertz CT molecular complexity index is 1170. The Morgan fingerprint density at radius 3 is 2.65 bits per heavy atom. The van der Waals surface area contributed by atoms with Crippen LogP contribution in [0.1, 0.15) is 41.9 Å². The van der Waals surface area contributed by atoms with Crippen LogP contribution in [0, 0.1) is 6.92 Å². The van der Waals surface area contributed by atoms with Gasteiger partial charge in [0.05, 0.1) is 16.6 Å². The highest BCUT2D eigenvalue weighted by Crippen LogP contribution is 2.29. The zero-order chi connectivity index (χ0) is 24.2. The zero-order valence-electron chi connectivity index (χ0n) is 19.3. The van der Waals surface area contributed by atoms with Gasteiger partial charge < -0.3 is 15.8 Å². The molecule has 3 aromatic heterocycles. The molecule has 0 aliphatic rings. The Morgan fingerprint density at radius 1 is 1.09 bits per heavy atom. The lowest BCUT2D eigenvalue weighted by atomic mass is 10.2. The van der Waals surface area contributed by atoms with Crippen LogP contribution in [0.3, 0.4) is 0 Å². The van der Waals surface area contributed by atoms with Crippen molar-refractivity contribution in [2.24, 2.45) is 5.73 Å². The fourth-order valence-electron chi connectivity index (χ4n) is 3.09. The second-order valence-electron chi connectivity index (χ2n) is 7.60. The van der Waals surface area contributed by atoms with Crippen LogP contribution in [0.4, 0.5) is 11.6 Å². The topological polar surface area (TPSA) is 103 Å². The molecule has 0 saturated carbocycles. The normalized spacial score (nSPS) is 11.1. The average Bonchev–Trinajstić information content (AvgIpc) is 3.35. The molecule has 34 heavy (non-hydrogen) atoms. The second-order valence-corrected chi connectivity index (χ2v) is 8.66. The van der Waals surface area contributed by atoms with Crippen molar-refractivity contribution in [2.75, 3.05) is 5.32 Å². The number of thiazole rings is 1. The lowest BCUT2D eigenvalue weighted by molar-refractivity contribution is -0.129. The minimum atomic E-state index is 0.00607. The molecule has 0 spiro atoms. The molecule has 1 aromatic carbocycles. The van der Waals surface area contributed by atoms with Gasteiger partial charge in [0, 0.05) is 12.4 Å². The summed E-state index contributed by atoms with van der Waals surface area (Å²) in [6.07, 6.45) is 5.64. The summed E-state index contributed by atoms with van der Waals surface area (Å²) in [5.74, 6) is 1.55. The van der Waals surface area contributed by atoms with E-state index < -0.39 is 0 Å². The maximum absolute atomic E-state index is 9.76. The lowest BCUT2D eigenvalue weighted by Crippen LogP contribution is -2.08. The van der Waals surface area contributed by atoms with Crippen molar-refractivity contribution >= 4 is 29.4 Å².